The summed E-state index contributed by atoms with van der Waals surface area (Å²) in [6.07, 6.45) is 0.624. The number of nitrogens with two attached hydrogens (primary N) is 1. The highest BCUT2D eigenvalue weighted by atomic mass is 16.1. The fourth-order valence-corrected chi connectivity index (χ4v) is 0.645. The summed E-state index contributed by atoms with van der Waals surface area (Å²) in [5.41, 5.74) is 4.37. The summed E-state index contributed by atoms with van der Waals surface area (Å²) in [6.45, 7) is 4.70. The second kappa shape index (κ2) is 2.92. The molecule has 0 aromatic rings. The van der Waals surface area contributed by atoms with Crippen LogP contribution in [0.3, 0.4) is 0 Å². The maximum absolute atomic E-state index is 11.0. The first kappa shape index (κ1) is 9.30. The molecule has 1 atom stereocenters. The van der Waals surface area contributed by atoms with Crippen LogP contribution in [0.4, 0.5) is 0 Å². The predicted octanol–water partition coefficient (Wildman–Crippen LogP) is 0.128. The van der Waals surface area contributed by atoms with Crippen molar-refractivity contribution in [3.8, 4) is 0 Å². The molecule has 3 nitrogen and oxygen atoms in total. The Balaban J connectivity index is 4.33. The molecule has 0 aliphatic heterocycles. The Kier molecular flexibility index (Phi) is 2.72. The maximum atomic E-state index is 11.0. The molecule has 10 heavy (non-hydrogen) atoms. The van der Waals surface area contributed by atoms with Crippen LogP contribution in [0.5, 0.6) is 0 Å². The molecule has 0 bridgehead atoms. The predicted molar refractivity (Wildman–Crippen MR) is 38.5 cm³/mol. The monoisotopic (exact) mass is 143 g/mol. The third kappa shape index (κ3) is 1.92. The van der Waals surface area contributed by atoms with Gasteiger partial charge in [0.1, 0.15) is 6.29 Å². The summed E-state index contributed by atoms with van der Waals surface area (Å²) in [7, 11) is 0. The standard InChI is InChI=1S/C7H13NO2/c1-5(8)6(10)7(2,3)4-9/h4-5H,8H2,1-3H3. The topological polar surface area (TPSA) is 60.2 Å². The maximum Gasteiger partial charge on any atom is 0.161 e. The number of aldehydes is 1. The first-order valence-corrected chi connectivity index (χ1v) is 3.18. The van der Waals surface area contributed by atoms with Gasteiger partial charge in [-0.05, 0) is 20.8 Å². The van der Waals surface area contributed by atoms with E-state index < -0.39 is 11.5 Å². The highest BCUT2D eigenvalue weighted by Gasteiger charge is 2.28. The second-order valence-electron chi connectivity index (χ2n) is 2.99. The summed E-state index contributed by atoms with van der Waals surface area (Å²) in [6, 6.07) is -0.555. The average Bonchev–Trinajstić information content (AvgIpc) is 1.86. The van der Waals surface area contributed by atoms with Crippen LogP contribution in [0.25, 0.3) is 0 Å². The van der Waals surface area contributed by atoms with Crippen molar-refractivity contribution in [3.05, 3.63) is 0 Å². The smallest absolute Gasteiger partial charge is 0.161 e. The minimum absolute atomic E-state index is 0.220. The molecule has 0 saturated carbocycles. The quantitative estimate of drug-likeness (QED) is 0.451. The molecule has 2 N–H and O–H groups in total. The van der Waals surface area contributed by atoms with Crippen molar-refractivity contribution in [2.24, 2.45) is 11.1 Å². The number of Topliss-reactive ketones (excluding diaryl/α,β-unsaturated/α-hetero) is 1. The van der Waals surface area contributed by atoms with Gasteiger partial charge in [-0.25, -0.2) is 0 Å². The van der Waals surface area contributed by atoms with Crippen LogP contribution in [-0.4, -0.2) is 18.1 Å². The lowest BCUT2D eigenvalue weighted by Crippen LogP contribution is -2.39. The van der Waals surface area contributed by atoms with Crippen molar-refractivity contribution in [2.75, 3.05) is 0 Å². The normalized spacial score (nSPS) is 14.4. The van der Waals surface area contributed by atoms with Crippen LogP contribution < -0.4 is 5.73 Å². The first-order chi connectivity index (χ1) is 4.41. The second-order valence-corrected chi connectivity index (χ2v) is 2.99. The van der Waals surface area contributed by atoms with E-state index in [4.69, 9.17) is 5.73 Å². The molecule has 0 aromatic heterocycles. The summed E-state index contributed by atoms with van der Waals surface area (Å²) in [5, 5.41) is 0. The SMILES string of the molecule is CC(N)C(=O)C(C)(C)C=O. The van der Waals surface area contributed by atoms with Gasteiger partial charge in [-0.3, -0.25) is 4.79 Å². The van der Waals surface area contributed by atoms with Gasteiger partial charge < -0.3 is 10.5 Å². The van der Waals surface area contributed by atoms with Crippen LogP contribution in [0.2, 0.25) is 0 Å². The number of hydrogen-bond donors (Lipinski definition) is 1. The average molecular weight is 143 g/mol. The van der Waals surface area contributed by atoms with Crippen LogP contribution in [0.1, 0.15) is 20.8 Å². The summed E-state index contributed by atoms with van der Waals surface area (Å²) in [4.78, 5) is 21.3. The molecule has 0 aliphatic carbocycles. The number of carbonyl (C=O) groups excluding carboxylic acids is 2. The highest BCUT2D eigenvalue weighted by Crippen LogP contribution is 2.13. The van der Waals surface area contributed by atoms with Gasteiger partial charge in [-0.1, -0.05) is 0 Å². The molecule has 0 heterocycles. The van der Waals surface area contributed by atoms with Gasteiger partial charge in [-0.15, -0.1) is 0 Å². The molecule has 0 fully saturated rings. The Bertz CT molecular complexity index is 150. The molecule has 0 aromatic carbocycles. The van der Waals surface area contributed by atoms with Gasteiger partial charge in [0.15, 0.2) is 5.78 Å². The van der Waals surface area contributed by atoms with Gasteiger partial charge >= 0.3 is 0 Å². The molecular formula is C7H13NO2. The highest BCUT2D eigenvalue weighted by molar-refractivity contribution is 6.00. The van der Waals surface area contributed by atoms with E-state index >= 15 is 0 Å². The molecule has 58 valence electrons. The molecule has 0 radical (unpaired) electrons. The van der Waals surface area contributed by atoms with E-state index in [-0.39, 0.29) is 5.78 Å². The van der Waals surface area contributed by atoms with Crippen molar-refractivity contribution in [3.63, 3.8) is 0 Å². The summed E-state index contributed by atoms with van der Waals surface area (Å²) in [5.74, 6) is -0.220. The molecule has 0 saturated heterocycles. The van der Waals surface area contributed by atoms with Crippen LogP contribution >= 0.6 is 0 Å². The van der Waals surface area contributed by atoms with E-state index in [1.165, 1.54) is 0 Å². The van der Waals surface area contributed by atoms with Gasteiger partial charge in [-0.2, -0.15) is 0 Å². The Labute approximate surface area is 60.6 Å². The van der Waals surface area contributed by atoms with Crippen LogP contribution in [-0.2, 0) is 9.59 Å². The Morgan fingerprint density at radius 3 is 2.10 bits per heavy atom. The van der Waals surface area contributed by atoms with E-state index in [1.807, 2.05) is 0 Å². The van der Waals surface area contributed by atoms with E-state index in [0.29, 0.717) is 6.29 Å². The van der Waals surface area contributed by atoms with Crippen molar-refractivity contribution in [1.29, 1.82) is 0 Å². The first-order valence-electron chi connectivity index (χ1n) is 3.18. The molecule has 1 unspecified atom stereocenters. The number of hydrogen-bond acceptors (Lipinski definition) is 3. The molecule has 3 heteroatoms. The van der Waals surface area contributed by atoms with E-state index in [9.17, 15) is 9.59 Å². The minimum Gasteiger partial charge on any atom is -0.322 e. The number of rotatable bonds is 3. The third-order valence-corrected chi connectivity index (χ3v) is 1.34. The van der Waals surface area contributed by atoms with Crippen molar-refractivity contribution < 1.29 is 9.59 Å². The van der Waals surface area contributed by atoms with Crippen LogP contribution in [0, 0.1) is 5.41 Å². The largest absolute Gasteiger partial charge is 0.322 e. The lowest BCUT2D eigenvalue weighted by Gasteiger charge is -2.16. The molecule has 0 rings (SSSR count). The fourth-order valence-electron chi connectivity index (χ4n) is 0.645. The van der Waals surface area contributed by atoms with E-state index in [1.54, 1.807) is 20.8 Å². The van der Waals surface area contributed by atoms with E-state index in [0.717, 1.165) is 0 Å². The summed E-state index contributed by atoms with van der Waals surface area (Å²) < 4.78 is 0. The number of ketones is 1. The molecule has 0 spiro atoms. The molecule has 0 aliphatic rings. The van der Waals surface area contributed by atoms with Gasteiger partial charge in [0.05, 0.1) is 11.5 Å². The number of carbonyl (C=O) groups is 2. The van der Waals surface area contributed by atoms with Gasteiger partial charge in [0, 0.05) is 0 Å². The van der Waals surface area contributed by atoms with Crippen molar-refractivity contribution in [1.82, 2.24) is 0 Å². The molecular weight excluding hydrogens is 130 g/mol. The Morgan fingerprint density at radius 1 is 1.60 bits per heavy atom. The van der Waals surface area contributed by atoms with Gasteiger partial charge in [0.2, 0.25) is 0 Å². The fraction of sp³-hybridized carbons (Fsp3) is 0.714. The summed E-state index contributed by atoms with van der Waals surface area (Å²) >= 11 is 0. The van der Waals surface area contributed by atoms with Crippen LogP contribution in [0.15, 0.2) is 0 Å². The van der Waals surface area contributed by atoms with Crippen molar-refractivity contribution >= 4 is 12.1 Å². The lowest BCUT2D eigenvalue weighted by molar-refractivity contribution is -0.133. The third-order valence-electron chi connectivity index (χ3n) is 1.34. The Hall–Kier alpha value is -0.700. The Morgan fingerprint density at radius 2 is 2.00 bits per heavy atom. The zero-order valence-corrected chi connectivity index (χ0v) is 6.55. The lowest BCUT2D eigenvalue weighted by atomic mass is 9.87. The zero-order chi connectivity index (χ0) is 8.36. The minimum atomic E-state index is -0.922. The van der Waals surface area contributed by atoms with Crippen molar-refractivity contribution in [2.45, 2.75) is 26.8 Å². The van der Waals surface area contributed by atoms with Gasteiger partial charge in [0.25, 0.3) is 0 Å². The van der Waals surface area contributed by atoms with E-state index in [2.05, 4.69) is 0 Å². The zero-order valence-electron chi connectivity index (χ0n) is 6.55. The molecule has 0 amide bonds.